The molecule has 0 unspecified atom stereocenters. The molecule has 172 valence electrons. The number of ether oxygens (including phenoxy) is 1. The zero-order chi connectivity index (χ0) is 22.8. The molecule has 1 aromatic heterocycles. The summed E-state index contributed by atoms with van der Waals surface area (Å²) in [4.78, 5) is 33.5. The van der Waals surface area contributed by atoms with E-state index in [0.29, 0.717) is 13.0 Å². The van der Waals surface area contributed by atoms with Crippen molar-refractivity contribution in [2.75, 3.05) is 26.2 Å². The summed E-state index contributed by atoms with van der Waals surface area (Å²) in [5, 5.41) is 0. The molecule has 1 spiro atoms. The first-order chi connectivity index (χ1) is 15.2. The Bertz CT molecular complexity index is 940. The Balaban J connectivity index is 1.30. The smallest absolute Gasteiger partial charge is 0.410 e. The highest BCUT2D eigenvalue weighted by atomic mass is 16.6. The molecule has 2 amide bonds. The highest BCUT2D eigenvalue weighted by Gasteiger charge is 2.43. The summed E-state index contributed by atoms with van der Waals surface area (Å²) < 4.78 is 7.59. The maximum Gasteiger partial charge on any atom is 0.410 e. The standard InChI is InChI=1S/C25H34N4O3/c1-24(2,3)32-23(31)28-14-11-25(18-28)9-12-27(13-10-25)22(30)15-21-16-26-19-29(21)17-20-7-5-4-6-8-20/h4-8,16,19H,9-15,17-18H2,1-3H3. The Morgan fingerprint density at radius 1 is 1.03 bits per heavy atom. The lowest BCUT2D eigenvalue weighted by atomic mass is 9.77. The van der Waals surface area contributed by atoms with Gasteiger partial charge in [0.05, 0.1) is 12.7 Å². The van der Waals surface area contributed by atoms with Crippen LogP contribution in [-0.2, 0) is 22.5 Å². The molecule has 32 heavy (non-hydrogen) atoms. The molecule has 4 rings (SSSR count). The van der Waals surface area contributed by atoms with E-state index in [0.717, 1.165) is 51.1 Å². The summed E-state index contributed by atoms with van der Waals surface area (Å²) >= 11 is 0. The Morgan fingerprint density at radius 3 is 2.34 bits per heavy atom. The predicted octanol–water partition coefficient (Wildman–Crippen LogP) is 3.72. The van der Waals surface area contributed by atoms with Crippen molar-refractivity contribution in [1.29, 1.82) is 0 Å². The van der Waals surface area contributed by atoms with Crippen LogP contribution in [0.2, 0.25) is 0 Å². The Morgan fingerprint density at radius 2 is 1.69 bits per heavy atom. The van der Waals surface area contributed by atoms with Crippen molar-refractivity contribution in [2.24, 2.45) is 5.41 Å². The third-order valence-electron chi connectivity index (χ3n) is 6.59. The van der Waals surface area contributed by atoms with Gasteiger partial charge in [-0.3, -0.25) is 4.79 Å². The number of amides is 2. The average molecular weight is 439 g/mol. The minimum absolute atomic E-state index is 0.114. The number of hydrogen-bond donors (Lipinski definition) is 0. The van der Waals surface area contributed by atoms with E-state index in [1.54, 1.807) is 12.5 Å². The summed E-state index contributed by atoms with van der Waals surface area (Å²) in [6, 6.07) is 10.2. The number of hydrogen-bond acceptors (Lipinski definition) is 4. The van der Waals surface area contributed by atoms with E-state index in [9.17, 15) is 9.59 Å². The third-order valence-corrected chi connectivity index (χ3v) is 6.59. The first-order valence-corrected chi connectivity index (χ1v) is 11.5. The van der Waals surface area contributed by atoms with Crippen molar-refractivity contribution in [2.45, 2.75) is 58.6 Å². The lowest BCUT2D eigenvalue weighted by molar-refractivity contribution is -0.132. The van der Waals surface area contributed by atoms with Crippen LogP contribution in [0, 0.1) is 5.41 Å². The van der Waals surface area contributed by atoms with E-state index in [1.165, 1.54) is 5.56 Å². The van der Waals surface area contributed by atoms with Crippen LogP contribution in [-0.4, -0.2) is 63.1 Å². The summed E-state index contributed by atoms with van der Waals surface area (Å²) in [6.07, 6.45) is 6.58. The second-order valence-corrected chi connectivity index (χ2v) is 10.2. The monoisotopic (exact) mass is 438 g/mol. The Hall–Kier alpha value is -2.83. The molecule has 0 saturated carbocycles. The summed E-state index contributed by atoms with van der Waals surface area (Å²) in [5.74, 6) is 0.150. The molecule has 0 bridgehead atoms. The fraction of sp³-hybridized carbons (Fsp3) is 0.560. The molecule has 2 aromatic rings. The molecule has 0 radical (unpaired) electrons. The normalized spacial score (nSPS) is 18.2. The van der Waals surface area contributed by atoms with E-state index in [4.69, 9.17) is 4.74 Å². The second kappa shape index (κ2) is 8.96. The molecule has 0 N–H and O–H groups in total. The summed E-state index contributed by atoms with van der Waals surface area (Å²) in [7, 11) is 0. The van der Waals surface area contributed by atoms with Gasteiger partial charge < -0.3 is 19.1 Å². The number of carbonyl (C=O) groups is 2. The van der Waals surface area contributed by atoms with Crippen molar-refractivity contribution >= 4 is 12.0 Å². The maximum absolute atomic E-state index is 13.0. The van der Waals surface area contributed by atoms with Gasteiger partial charge in [0.1, 0.15) is 5.60 Å². The molecule has 3 heterocycles. The van der Waals surface area contributed by atoms with Crippen LogP contribution in [0.1, 0.15) is 51.3 Å². The zero-order valence-corrected chi connectivity index (χ0v) is 19.4. The van der Waals surface area contributed by atoms with E-state index in [-0.39, 0.29) is 17.4 Å². The van der Waals surface area contributed by atoms with Gasteiger partial charge in [-0.05, 0) is 51.0 Å². The van der Waals surface area contributed by atoms with Gasteiger partial charge in [0, 0.05) is 44.6 Å². The number of aromatic nitrogens is 2. The lowest BCUT2D eigenvalue weighted by Crippen LogP contribution is -2.45. The van der Waals surface area contributed by atoms with Crippen molar-refractivity contribution in [1.82, 2.24) is 19.4 Å². The Labute approximate surface area is 190 Å². The third kappa shape index (κ3) is 5.31. The topological polar surface area (TPSA) is 67.7 Å². The van der Waals surface area contributed by atoms with Crippen LogP contribution in [0.3, 0.4) is 0 Å². The maximum atomic E-state index is 13.0. The second-order valence-electron chi connectivity index (χ2n) is 10.2. The van der Waals surface area contributed by atoms with E-state index in [2.05, 4.69) is 17.1 Å². The molecule has 2 fully saturated rings. The SMILES string of the molecule is CC(C)(C)OC(=O)N1CCC2(CCN(C(=O)Cc3cncn3Cc3ccccc3)CC2)C1. The predicted molar refractivity (Wildman–Crippen MR) is 122 cm³/mol. The van der Waals surface area contributed by atoms with Crippen LogP contribution in [0.4, 0.5) is 4.79 Å². The fourth-order valence-corrected chi connectivity index (χ4v) is 4.74. The van der Waals surface area contributed by atoms with E-state index >= 15 is 0 Å². The van der Waals surface area contributed by atoms with Gasteiger partial charge in [-0.2, -0.15) is 0 Å². The fourth-order valence-electron chi connectivity index (χ4n) is 4.74. The van der Waals surface area contributed by atoms with Gasteiger partial charge in [-0.1, -0.05) is 30.3 Å². The zero-order valence-electron chi connectivity index (χ0n) is 19.4. The molecule has 2 aliphatic heterocycles. The lowest BCUT2D eigenvalue weighted by Gasteiger charge is -2.39. The van der Waals surface area contributed by atoms with Crippen molar-refractivity contribution in [3.63, 3.8) is 0 Å². The van der Waals surface area contributed by atoms with Crippen LogP contribution >= 0.6 is 0 Å². The van der Waals surface area contributed by atoms with Gasteiger partial charge in [0.15, 0.2) is 0 Å². The first-order valence-electron chi connectivity index (χ1n) is 11.5. The van der Waals surface area contributed by atoms with E-state index in [1.807, 2.05) is 53.3 Å². The molecule has 1 aromatic carbocycles. The average Bonchev–Trinajstić information content (AvgIpc) is 3.35. The van der Waals surface area contributed by atoms with E-state index < -0.39 is 5.60 Å². The van der Waals surface area contributed by atoms with Crippen molar-refractivity contribution in [3.05, 3.63) is 54.1 Å². The Kier molecular flexibility index (Phi) is 6.26. The van der Waals surface area contributed by atoms with Crippen LogP contribution in [0.15, 0.2) is 42.9 Å². The number of carbonyl (C=O) groups excluding carboxylic acids is 2. The number of nitrogens with zero attached hydrogens (tertiary/aromatic N) is 4. The van der Waals surface area contributed by atoms with Gasteiger partial charge in [0.25, 0.3) is 0 Å². The van der Waals surface area contributed by atoms with Gasteiger partial charge in [-0.25, -0.2) is 9.78 Å². The molecule has 0 atom stereocenters. The molecule has 2 aliphatic rings. The minimum Gasteiger partial charge on any atom is -0.444 e. The molecule has 2 saturated heterocycles. The van der Waals surface area contributed by atoms with Gasteiger partial charge in [0.2, 0.25) is 5.91 Å². The van der Waals surface area contributed by atoms with Crippen molar-refractivity contribution < 1.29 is 14.3 Å². The van der Waals surface area contributed by atoms with Gasteiger partial charge in [-0.15, -0.1) is 0 Å². The first kappa shape index (κ1) is 22.4. The van der Waals surface area contributed by atoms with Gasteiger partial charge >= 0.3 is 6.09 Å². The highest BCUT2D eigenvalue weighted by molar-refractivity contribution is 5.78. The van der Waals surface area contributed by atoms with Crippen LogP contribution < -0.4 is 0 Å². The summed E-state index contributed by atoms with van der Waals surface area (Å²) in [5.41, 5.74) is 1.77. The van der Waals surface area contributed by atoms with Crippen LogP contribution in [0.5, 0.6) is 0 Å². The molecule has 7 heteroatoms. The number of piperidine rings is 1. The number of likely N-dealkylation sites (tertiary alicyclic amines) is 2. The van der Waals surface area contributed by atoms with Crippen LogP contribution in [0.25, 0.3) is 0 Å². The molecular weight excluding hydrogens is 404 g/mol. The molecule has 7 nitrogen and oxygen atoms in total. The highest BCUT2D eigenvalue weighted by Crippen LogP contribution is 2.40. The molecule has 0 aliphatic carbocycles. The number of imidazole rings is 1. The number of rotatable bonds is 4. The minimum atomic E-state index is -0.477. The largest absolute Gasteiger partial charge is 0.444 e. The quantitative estimate of drug-likeness (QED) is 0.730. The summed E-state index contributed by atoms with van der Waals surface area (Å²) in [6.45, 7) is 9.36. The van der Waals surface area contributed by atoms with Crippen molar-refractivity contribution in [3.8, 4) is 0 Å². The molecular formula is C25H34N4O3. The number of benzene rings is 1.